The molecule has 0 bridgehead atoms. The van der Waals surface area contributed by atoms with E-state index in [1.54, 1.807) is 42.5 Å². The number of para-hydroxylation sites is 2. The maximum atomic E-state index is 13.5. The van der Waals surface area contributed by atoms with Gasteiger partial charge in [-0.15, -0.1) is 0 Å². The lowest BCUT2D eigenvalue weighted by atomic mass is 10.2. The molecule has 0 saturated heterocycles. The number of phenolic OH excluding ortho intramolecular Hbond substituents is 1. The van der Waals surface area contributed by atoms with Crippen molar-refractivity contribution in [1.82, 2.24) is 15.0 Å². The van der Waals surface area contributed by atoms with E-state index in [-0.39, 0.29) is 46.8 Å². The van der Waals surface area contributed by atoms with E-state index >= 15 is 0 Å². The standard InChI is InChI=1S/C28H24N6O6S.CH4/c1-39-20-14-18(13-19(35)16-20)30-25-26(33-24-11-4-3-10-23(24)32-25)34-41(37,38)21-8-5-7-17(15-21)31-27(36)22-9-6-12-29-28(22)40-2;/h3-16,35H,1-2H3,(H,30,32)(H,31,36)(H,33,34);1H4. The first-order valence-corrected chi connectivity index (χ1v) is 13.6. The Bertz CT molecular complexity index is 1870. The van der Waals surface area contributed by atoms with Gasteiger partial charge in [0.1, 0.15) is 17.1 Å². The third-order valence-corrected chi connectivity index (χ3v) is 7.14. The molecule has 0 saturated carbocycles. The molecule has 42 heavy (non-hydrogen) atoms. The normalized spacial score (nSPS) is 10.8. The third kappa shape index (κ3) is 6.47. The second kappa shape index (κ2) is 12.4. The van der Waals surface area contributed by atoms with E-state index in [1.807, 2.05) is 0 Å². The fourth-order valence-electron chi connectivity index (χ4n) is 3.92. The molecule has 0 unspecified atom stereocenters. The zero-order valence-corrected chi connectivity index (χ0v) is 22.6. The van der Waals surface area contributed by atoms with E-state index in [2.05, 4.69) is 30.3 Å². The van der Waals surface area contributed by atoms with Crippen molar-refractivity contribution < 1.29 is 27.8 Å². The molecule has 12 nitrogen and oxygen atoms in total. The highest BCUT2D eigenvalue weighted by Crippen LogP contribution is 2.31. The number of phenols is 1. The number of carbonyl (C=O) groups excluding carboxylic acids is 1. The summed E-state index contributed by atoms with van der Waals surface area (Å²) in [7, 11) is -1.36. The van der Waals surface area contributed by atoms with Gasteiger partial charge in [0.2, 0.25) is 5.88 Å². The lowest BCUT2D eigenvalue weighted by molar-refractivity contribution is 0.102. The number of methoxy groups -OCH3 is 2. The first-order chi connectivity index (χ1) is 19.8. The van der Waals surface area contributed by atoms with Crippen LogP contribution in [0, 0.1) is 0 Å². The van der Waals surface area contributed by atoms with Crippen molar-refractivity contribution in [2.45, 2.75) is 12.3 Å². The number of rotatable bonds is 9. The van der Waals surface area contributed by atoms with Gasteiger partial charge in [0.15, 0.2) is 11.6 Å². The number of carbonyl (C=O) groups is 1. The summed E-state index contributed by atoms with van der Waals surface area (Å²) >= 11 is 0. The van der Waals surface area contributed by atoms with Crippen molar-refractivity contribution in [1.29, 1.82) is 0 Å². The fraction of sp³-hybridized carbons (Fsp3) is 0.103. The Hall–Kier alpha value is -5.43. The number of aromatic nitrogens is 3. The monoisotopic (exact) mass is 588 g/mol. The molecule has 2 aromatic heterocycles. The number of fused-ring (bicyclic) bond motifs is 1. The van der Waals surface area contributed by atoms with Crippen LogP contribution in [0.25, 0.3) is 11.0 Å². The number of nitrogens with zero attached hydrogens (tertiary/aromatic N) is 3. The van der Waals surface area contributed by atoms with Crippen LogP contribution in [-0.2, 0) is 10.0 Å². The van der Waals surface area contributed by atoms with Crippen LogP contribution in [0.4, 0.5) is 23.0 Å². The van der Waals surface area contributed by atoms with Crippen LogP contribution < -0.4 is 24.8 Å². The van der Waals surface area contributed by atoms with Crippen LogP contribution >= 0.6 is 0 Å². The minimum absolute atomic E-state index is 0. The molecular formula is C29H28N6O6S. The first-order valence-electron chi connectivity index (χ1n) is 12.1. The molecule has 5 aromatic rings. The van der Waals surface area contributed by atoms with Gasteiger partial charge in [-0.25, -0.2) is 23.4 Å². The molecular weight excluding hydrogens is 560 g/mol. The maximum Gasteiger partial charge on any atom is 0.263 e. The van der Waals surface area contributed by atoms with Crippen molar-refractivity contribution in [2.75, 3.05) is 29.6 Å². The molecule has 4 N–H and O–H groups in total. The van der Waals surface area contributed by atoms with Crippen LogP contribution in [0.1, 0.15) is 17.8 Å². The quantitative estimate of drug-likeness (QED) is 0.180. The van der Waals surface area contributed by atoms with Crippen molar-refractivity contribution in [3.8, 4) is 17.4 Å². The summed E-state index contributed by atoms with van der Waals surface area (Å²) in [4.78, 5) is 25.7. The number of benzene rings is 3. The van der Waals surface area contributed by atoms with Crippen LogP contribution in [0.3, 0.4) is 0 Å². The number of hydrogen-bond donors (Lipinski definition) is 4. The van der Waals surface area contributed by atoms with E-state index < -0.39 is 15.9 Å². The summed E-state index contributed by atoms with van der Waals surface area (Å²) in [5.74, 6) is -0.0640. The number of pyridine rings is 1. The average Bonchev–Trinajstić information content (AvgIpc) is 2.97. The highest BCUT2D eigenvalue weighted by Gasteiger charge is 2.21. The molecule has 0 aliphatic carbocycles. The molecule has 0 aliphatic heterocycles. The van der Waals surface area contributed by atoms with E-state index in [9.17, 15) is 18.3 Å². The zero-order valence-electron chi connectivity index (χ0n) is 21.8. The topological polar surface area (TPSA) is 165 Å². The molecule has 0 fully saturated rings. The molecule has 2 heterocycles. The lowest BCUT2D eigenvalue weighted by Crippen LogP contribution is -2.17. The minimum atomic E-state index is -4.21. The minimum Gasteiger partial charge on any atom is -0.508 e. The summed E-state index contributed by atoms with van der Waals surface area (Å²) in [5.41, 5.74) is 1.78. The van der Waals surface area contributed by atoms with Gasteiger partial charge in [-0.3, -0.25) is 9.52 Å². The Kier molecular flexibility index (Phi) is 8.72. The van der Waals surface area contributed by atoms with Gasteiger partial charge in [0, 0.05) is 35.8 Å². The van der Waals surface area contributed by atoms with Gasteiger partial charge in [-0.2, -0.15) is 0 Å². The van der Waals surface area contributed by atoms with Gasteiger partial charge in [-0.1, -0.05) is 25.6 Å². The van der Waals surface area contributed by atoms with E-state index in [0.29, 0.717) is 22.5 Å². The number of sulfonamides is 1. The second-order valence-corrected chi connectivity index (χ2v) is 10.3. The van der Waals surface area contributed by atoms with Crippen molar-refractivity contribution in [3.63, 3.8) is 0 Å². The second-order valence-electron chi connectivity index (χ2n) is 8.60. The zero-order chi connectivity index (χ0) is 29.0. The Morgan fingerprint density at radius 2 is 1.57 bits per heavy atom. The Morgan fingerprint density at radius 3 is 2.29 bits per heavy atom. The predicted molar refractivity (Wildman–Crippen MR) is 160 cm³/mol. The summed E-state index contributed by atoms with van der Waals surface area (Å²) in [6, 6.07) is 20.3. The van der Waals surface area contributed by atoms with Crippen LogP contribution in [0.2, 0.25) is 0 Å². The van der Waals surface area contributed by atoms with Gasteiger partial charge in [0.25, 0.3) is 15.9 Å². The first kappa shape index (κ1) is 29.6. The van der Waals surface area contributed by atoms with E-state index in [1.165, 1.54) is 56.8 Å². The molecule has 0 spiro atoms. The number of amides is 1. The number of ether oxygens (including phenoxy) is 2. The van der Waals surface area contributed by atoms with Gasteiger partial charge in [0.05, 0.1) is 30.1 Å². The van der Waals surface area contributed by atoms with Gasteiger partial charge < -0.3 is 25.2 Å². The molecule has 13 heteroatoms. The fourth-order valence-corrected chi connectivity index (χ4v) is 4.97. The highest BCUT2D eigenvalue weighted by atomic mass is 32.2. The SMILES string of the molecule is C.COc1cc(O)cc(Nc2nc3ccccc3nc2NS(=O)(=O)c2cccc(NC(=O)c3cccnc3OC)c2)c1. The molecule has 0 aliphatic rings. The number of hydrogen-bond acceptors (Lipinski definition) is 10. The largest absolute Gasteiger partial charge is 0.508 e. The summed E-state index contributed by atoms with van der Waals surface area (Å²) in [6.07, 6.45) is 1.49. The number of nitrogens with one attached hydrogen (secondary N) is 3. The third-order valence-electron chi connectivity index (χ3n) is 5.80. The Labute approximate surface area is 242 Å². The van der Waals surface area contributed by atoms with Crippen molar-refractivity contribution in [2.24, 2.45) is 0 Å². The number of anilines is 4. The molecule has 5 rings (SSSR count). The maximum absolute atomic E-state index is 13.5. The molecule has 3 aromatic carbocycles. The van der Waals surface area contributed by atoms with E-state index in [0.717, 1.165) is 0 Å². The predicted octanol–water partition coefficient (Wildman–Crippen LogP) is 5.18. The van der Waals surface area contributed by atoms with Crippen molar-refractivity contribution >= 4 is 50.0 Å². The van der Waals surface area contributed by atoms with Crippen molar-refractivity contribution in [3.05, 3.63) is 90.6 Å². The summed E-state index contributed by atoms with van der Waals surface area (Å²) < 4.78 is 39.8. The number of aromatic hydroxyl groups is 1. The molecule has 1 amide bonds. The molecule has 216 valence electrons. The average molecular weight is 589 g/mol. The summed E-state index contributed by atoms with van der Waals surface area (Å²) in [5, 5.41) is 15.7. The van der Waals surface area contributed by atoms with Gasteiger partial charge in [-0.05, 0) is 42.5 Å². The Balaban J connectivity index is 0.00000405. The van der Waals surface area contributed by atoms with Crippen LogP contribution in [0.5, 0.6) is 17.4 Å². The molecule has 0 radical (unpaired) electrons. The smallest absolute Gasteiger partial charge is 0.263 e. The van der Waals surface area contributed by atoms with E-state index in [4.69, 9.17) is 9.47 Å². The van der Waals surface area contributed by atoms with Crippen LogP contribution in [-0.4, -0.2) is 48.6 Å². The highest BCUT2D eigenvalue weighted by molar-refractivity contribution is 7.92. The Morgan fingerprint density at radius 1 is 0.833 bits per heavy atom. The summed E-state index contributed by atoms with van der Waals surface area (Å²) in [6.45, 7) is 0. The van der Waals surface area contributed by atoms with Gasteiger partial charge >= 0.3 is 0 Å². The molecule has 0 atom stereocenters. The lowest BCUT2D eigenvalue weighted by Gasteiger charge is -2.15. The van der Waals surface area contributed by atoms with Crippen LogP contribution in [0.15, 0.2) is 90.0 Å².